The van der Waals surface area contributed by atoms with Gasteiger partial charge < -0.3 is 9.74 Å². The quantitative estimate of drug-likeness (QED) is 0.713. The lowest BCUT2D eigenvalue weighted by atomic mass is 9.92. The second-order valence-electron chi connectivity index (χ2n) is 9.64. The van der Waals surface area contributed by atoms with Crippen LogP contribution in [0.3, 0.4) is 0 Å². The molecular formula is C20H37N3OSi. The lowest BCUT2D eigenvalue weighted by molar-refractivity contribution is 0.0983. The SMILES string of the molecule is CC(C)(C)[Si](C)(C)O[C@H]1CCCC[C@@H]1NCc1ccnn1CC1CC1. The molecule has 0 radical (unpaired) electrons. The molecule has 2 aliphatic carbocycles. The zero-order chi connectivity index (χ0) is 18.1. The van der Waals surface area contributed by atoms with Gasteiger partial charge in [0.25, 0.3) is 0 Å². The van der Waals surface area contributed by atoms with E-state index in [0.717, 1.165) is 19.0 Å². The number of rotatable bonds is 7. The van der Waals surface area contributed by atoms with Crippen LogP contribution in [0.2, 0.25) is 18.1 Å². The Labute approximate surface area is 154 Å². The minimum Gasteiger partial charge on any atom is -0.412 e. The predicted octanol–water partition coefficient (Wildman–Crippen LogP) is 4.72. The third-order valence-corrected chi connectivity index (χ3v) is 10.9. The molecule has 0 aliphatic heterocycles. The molecule has 5 heteroatoms. The van der Waals surface area contributed by atoms with Crippen LogP contribution in [-0.4, -0.2) is 30.2 Å². The van der Waals surface area contributed by atoms with E-state index in [1.165, 1.54) is 44.2 Å². The van der Waals surface area contributed by atoms with E-state index < -0.39 is 8.32 Å². The van der Waals surface area contributed by atoms with Crippen molar-refractivity contribution in [2.24, 2.45) is 5.92 Å². The van der Waals surface area contributed by atoms with Crippen molar-refractivity contribution in [1.29, 1.82) is 0 Å². The van der Waals surface area contributed by atoms with E-state index in [1.807, 2.05) is 6.20 Å². The summed E-state index contributed by atoms with van der Waals surface area (Å²) >= 11 is 0. The highest BCUT2D eigenvalue weighted by Gasteiger charge is 2.41. The van der Waals surface area contributed by atoms with Gasteiger partial charge in [0.2, 0.25) is 0 Å². The molecule has 2 saturated carbocycles. The molecule has 4 nitrogen and oxygen atoms in total. The minimum atomic E-state index is -1.71. The first-order chi connectivity index (χ1) is 11.8. The molecule has 142 valence electrons. The Morgan fingerprint density at radius 3 is 2.60 bits per heavy atom. The van der Waals surface area contributed by atoms with Crippen LogP contribution < -0.4 is 5.32 Å². The summed E-state index contributed by atoms with van der Waals surface area (Å²) in [5.74, 6) is 0.864. The second-order valence-corrected chi connectivity index (χ2v) is 14.4. The highest BCUT2D eigenvalue weighted by molar-refractivity contribution is 6.74. The van der Waals surface area contributed by atoms with Gasteiger partial charge in [-0.25, -0.2) is 0 Å². The third kappa shape index (κ3) is 4.95. The standard InChI is InChI=1S/C20H37N3OSi/c1-20(2,3)25(4,5)24-19-9-7-6-8-18(19)21-14-17-12-13-22-23(17)15-16-10-11-16/h12-13,16,18-19,21H,6-11,14-15H2,1-5H3/t18-,19-/m0/s1. The highest BCUT2D eigenvalue weighted by Crippen LogP contribution is 2.39. The van der Waals surface area contributed by atoms with Gasteiger partial charge in [-0.3, -0.25) is 4.68 Å². The molecular weight excluding hydrogens is 326 g/mol. The Kier molecular flexibility index (Phi) is 5.76. The topological polar surface area (TPSA) is 39.1 Å². The van der Waals surface area contributed by atoms with Crippen molar-refractivity contribution in [3.63, 3.8) is 0 Å². The Hall–Kier alpha value is -0.653. The highest BCUT2D eigenvalue weighted by atomic mass is 28.4. The van der Waals surface area contributed by atoms with Crippen molar-refractivity contribution in [2.45, 2.75) is 103 Å². The first-order valence-corrected chi connectivity index (χ1v) is 13.1. The van der Waals surface area contributed by atoms with E-state index >= 15 is 0 Å². The molecule has 0 amide bonds. The Morgan fingerprint density at radius 1 is 1.20 bits per heavy atom. The molecule has 1 N–H and O–H groups in total. The maximum Gasteiger partial charge on any atom is 0.192 e. The Morgan fingerprint density at radius 2 is 1.92 bits per heavy atom. The van der Waals surface area contributed by atoms with Gasteiger partial charge in [0.1, 0.15) is 0 Å². The maximum atomic E-state index is 6.78. The van der Waals surface area contributed by atoms with Crippen LogP contribution >= 0.6 is 0 Å². The monoisotopic (exact) mass is 363 g/mol. The van der Waals surface area contributed by atoms with Crippen molar-refractivity contribution in [3.05, 3.63) is 18.0 Å². The van der Waals surface area contributed by atoms with Crippen LogP contribution in [0.15, 0.2) is 12.3 Å². The van der Waals surface area contributed by atoms with Crippen LogP contribution in [0.25, 0.3) is 0 Å². The molecule has 0 aromatic carbocycles. The Balaban J connectivity index is 1.59. The lowest BCUT2D eigenvalue weighted by Crippen LogP contribution is -2.51. The van der Waals surface area contributed by atoms with Gasteiger partial charge in [-0.1, -0.05) is 33.6 Å². The van der Waals surface area contributed by atoms with Gasteiger partial charge in [0, 0.05) is 25.3 Å². The fraction of sp³-hybridized carbons (Fsp3) is 0.850. The summed E-state index contributed by atoms with van der Waals surface area (Å²) in [7, 11) is -1.71. The van der Waals surface area contributed by atoms with Gasteiger partial charge in [0.15, 0.2) is 8.32 Å². The molecule has 1 aromatic heterocycles. The number of hydrogen-bond acceptors (Lipinski definition) is 3. The van der Waals surface area contributed by atoms with Crippen LogP contribution in [0.4, 0.5) is 0 Å². The fourth-order valence-corrected chi connectivity index (χ4v) is 4.87. The molecule has 25 heavy (non-hydrogen) atoms. The number of nitrogens with zero attached hydrogens (tertiary/aromatic N) is 2. The predicted molar refractivity (Wildman–Crippen MR) is 106 cm³/mol. The van der Waals surface area contributed by atoms with Crippen LogP contribution in [0, 0.1) is 5.92 Å². The summed E-state index contributed by atoms with van der Waals surface area (Å²) in [6.07, 6.45) is 10.1. The number of hydrogen-bond donors (Lipinski definition) is 1. The van der Waals surface area contributed by atoms with Crippen molar-refractivity contribution < 1.29 is 4.43 Å². The van der Waals surface area contributed by atoms with E-state index in [0.29, 0.717) is 12.1 Å². The van der Waals surface area contributed by atoms with Crippen LogP contribution in [0.1, 0.15) is 65.0 Å². The average Bonchev–Trinajstić information content (AvgIpc) is 3.23. The van der Waals surface area contributed by atoms with Gasteiger partial charge in [0.05, 0.1) is 11.8 Å². The smallest absolute Gasteiger partial charge is 0.192 e. The molecule has 2 fully saturated rings. The largest absolute Gasteiger partial charge is 0.412 e. The molecule has 0 spiro atoms. The van der Waals surface area contributed by atoms with Gasteiger partial charge >= 0.3 is 0 Å². The molecule has 0 bridgehead atoms. The molecule has 2 atom stereocenters. The van der Waals surface area contributed by atoms with E-state index in [4.69, 9.17) is 4.43 Å². The third-order valence-electron chi connectivity index (χ3n) is 6.43. The first-order valence-electron chi connectivity index (χ1n) is 10.2. The number of nitrogens with one attached hydrogen (secondary N) is 1. The average molecular weight is 364 g/mol. The summed E-state index contributed by atoms with van der Waals surface area (Å²) in [6.45, 7) is 13.8. The zero-order valence-corrected chi connectivity index (χ0v) is 17.8. The maximum absolute atomic E-state index is 6.78. The molecule has 3 rings (SSSR count). The zero-order valence-electron chi connectivity index (χ0n) is 16.8. The fourth-order valence-electron chi connectivity index (χ4n) is 3.48. The minimum absolute atomic E-state index is 0.276. The van der Waals surface area contributed by atoms with E-state index in [-0.39, 0.29) is 5.04 Å². The van der Waals surface area contributed by atoms with Crippen LogP contribution in [0.5, 0.6) is 0 Å². The second kappa shape index (κ2) is 7.53. The summed E-state index contributed by atoms with van der Waals surface area (Å²) < 4.78 is 8.99. The van der Waals surface area contributed by atoms with E-state index in [1.54, 1.807) is 0 Å². The molecule has 0 unspecified atom stereocenters. The summed E-state index contributed by atoms with van der Waals surface area (Å²) in [5.41, 5.74) is 1.32. The van der Waals surface area contributed by atoms with Crippen molar-refractivity contribution in [2.75, 3.05) is 0 Å². The van der Waals surface area contributed by atoms with Gasteiger partial charge in [-0.2, -0.15) is 5.10 Å². The Bertz CT molecular complexity index is 560. The van der Waals surface area contributed by atoms with Gasteiger partial charge in [-0.15, -0.1) is 0 Å². The molecule has 1 heterocycles. The van der Waals surface area contributed by atoms with Crippen molar-refractivity contribution in [3.8, 4) is 0 Å². The lowest BCUT2D eigenvalue weighted by Gasteiger charge is -2.43. The van der Waals surface area contributed by atoms with Crippen LogP contribution in [-0.2, 0) is 17.5 Å². The molecule has 1 aromatic rings. The summed E-state index contributed by atoms with van der Waals surface area (Å²) in [4.78, 5) is 0. The normalized spacial score (nSPS) is 25.3. The van der Waals surface area contributed by atoms with E-state index in [2.05, 4.69) is 55.0 Å². The summed E-state index contributed by atoms with van der Waals surface area (Å²) in [5, 5.41) is 8.62. The van der Waals surface area contributed by atoms with Gasteiger partial charge in [-0.05, 0) is 55.8 Å². The van der Waals surface area contributed by atoms with Crippen molar-refractivity contribution in [1.82, 2.24) is 15.1 Å². The summed E-state index contributed by atoms with van der Waals surface area (Å²) in [6, 6.07) is 2.65. The first kappa shape index (κ1) is 19.1. The van der Waals surface area contributed by atoms with E-state index in [9.17, 15) is 0 Å². The molecule has 2 aliphatic rings. The van der Waals surface area contributed by atoms with Crippen molar-refractivity contribution >= 4 is 8.32 Å². The number of aromatic nitrogens is 2. The molecule has 0 saturated heterocycles.